The van der Waals surface area contributed by atoms with Gasteiger partial charge in [0.05, 0.1) is 0 Å². The second-order valence-electron chi connectivity index (χ2n) is 7.31. The summed E-state index contributed by atoms with van der Waals surface area (Å²) in [6.07, 6.45) is -0.547. The van der Waals surface area contributed by atoms with Crippen molar-refractivity contribution in [1.29, 1.82) is 0 Å². The minimum Gasteiger partial charge on any atom is -0.351 e. The molecule has 0 bridgehead atoms. The number of amides is 4. The summed E-state index contributed by atoms with van der Waals surface area (Å²) in [6, 6.07) is 13.4. The van der Waals surface area contributed by atoms with Crippen LogP contribution < -0.4 is 16.4 Å². The topological polar surface area (TPSA) is 108 Å². The fourth-order valence-corrected chi connectivity index (χ4v) is 3.71. The van der Waals surface area contributed by atoms with E-state index in [9.17, 15) is 14.4 Å². The smallest absolute Gasteiger partial charge is 0.323 e. The van der Waals surface area contributed by atoms with Crippen molar-refractivity contribution in [2.75, 3.05) is 31.5 Å². The van der Waals surface area contributed by atoms with Crippen LogP contribution in [0.5, 0.6) is 0 Å². The van der Waals surface area contributed by atoms with Crippen LogP contribution in [0.15, 0.2) is 48.5 Å². The highest BCUT2D eigenvalue weighted by Gasteiger charge is 2.40. The maximum Gasteiger partial charge on any atom is 0.323 e. The number of nitrogens with two attached hydrogens (primary N) is 1. The molecule has 1 aliphatic rings. The number of carbonyl (C=O) groups excluding carboxylic acids is 3. The number of aryl methyl sites for hydroxylation is 1. The molecule has 1 aliphatic heterocycles. The Balaban J connectivity index is 1.88. The molecule has 164 valence electrons. The quantitative estimate of drug-likeness (QED) is 0.659. The molecule has 3 rings (SSSR count). The van der Waals surface area contributed by atoms with E-state index in [4.69, 9.17) is 17.3 Å². The molecule has 8 nitrogen and oxygen atoms in total. The van der Waals surface area contributed by atoms with Crippen LogP contribution in [0.1, 0.15) is 22.3 Å². The molecule has 1 saturated heterocycles. The second-order valence-corrected chi connectivity index (χ2v) is 7.75. The first-order valence-corrected chi connectivity index (χ1v) is 10.5. The Labute approximate surface area is 186 Å². The highest BCUT2D eigenvalue weighted by molar-refractivity contribution is 6.30. The zero-order valence-corrected chi connectivity index (χ0v) is 18.1. The summed E-state index contributed by atoms with van der Waals surface area (Å²) < 4.78 is 0. The number of carbonyl (C=O) groups is 3. The average Bonchev–Trinajstić information content (AvgIpc) is 2.76. The first-order chi connectivity index (χ1) is 14.9. The van der Waals surface area contributed by atoms with Crippen molar-refractivity contribution in [3.05, 3.63) is 64.7 Å². The molecule has 0 radical (unpaired) electrons. The normalized spacial score (nSPS) is 16.0. The monoisotopic (exact) mass is 443 g/mol. The van der Waals surface area contributed by atoms with Gasteiger partial charge in [0.15, 0.2) is 6.17 Å². The van der Waals surface area contributed by atoms with Crippen molar-refractivity contribution in [3.8, 4) is 0 Å². The second kappa shape index (κ2) is 10.3. The molecule has 0 aliphatic carbocycles. The van der Waals surface area contributed by atoms with Crippen molar-refractivity contribution in [2.24, 2.45) is 5.73 Å². The zero-order valence-electron chi connectivity index (χ0n) is 17.3. The Bertz CT molecular complexity index is 968. The van der Waals surface area contributed by atoms with Gasteiger partial charge in [0.2, 0.25) is 0 Å². The molecular formula is C22H26ClN5O3. The van der Waals surface area contributed by atoms with Gasteiger partial charge in [-0.25, -0.2) is 4.79 Å². The van der Waals surface area contributed by atoms with Crippen LogP contribution in [-0.2, 0) is 4.79 Å². The highest BCUT2D eigenvalue weighted by atomic mass is 35.5. The molecule has 0 spiro atoms. The lowest BCUT2D eigenvalue weighted by Crippen LogP contribution is -2.64. The van der Waals surface area contributed by atoms with Crippen LogP contribution in [-0.4, -0.2) is 60.0 Å². The van der Waals surface area contributed by atoms with Gasteiger partial charge in [0, 0.05) is 42.5 Å². The van der Waals surface area contributed by atoms with E-state index in [2.05, 4.69) is 10.6 Å². The van der Waals surface area contributed by atoms with E-state index in [1.165, 1.54) is 9.80 Å². The van der Waals surface area contributed by atoms with Crippen molar-refractivity contribution in [3.63, 3.8) is 0 Å². The van der Waals surface area contributed by atoms with Gasteiger partial charge in [-0.05, 0) is 43.7 Å². The molecule has 31 heavy (non-hydrogen) atoms. The molecule has 1 unspecified atom stereocenters. The molecule has 1 atom stereocenters. The fraction of sp³-hybridized carbons (Fsp3) is 0.318. The van der Waals surface area contributed by atoms with Gasteiger partial charge in [-0.1, -0.05) is 35.4 Å². The number of hydrogen-bond acceptors (Lipinski definition) is 4. The molecular weight excluding hydrogens is 418 g/mol. The number of nitrogens with zero attached hydrogens (tertiary/aromatic N) is 2. The number of anilines is 1. The van der Waals surface area contributed by atoms with Crippen LogP contribution in [0.2, 0.25) is 5.02 Å². The van der Waals surface area contributed by atoms with Crippen molar-refractivity contribution in [1.82, 2.24) is 15.1 Å². The summed E-state index contributed by atoms with van der Waals surface area (Å²) in [7, 11) is 0. The van der Waals surface area contributed by atoms with E-state index < -0.39 is 18.1 Å². The van der Waals surface area contributed by atoms with E-state index in [0.29, 0.717) is 35.8 Å². The van der Waals surface area contributed by atoms with E-state index in [1.807, 2.05) is 13.0 Å². The molecule has 2 aromatic rings. The summed E-state index contributed by atoms with van der Waals surface area (Å²) in [5.41, 5.74) is 7.42. The summed E-state index contributed by atoms with van der Waals surface area (Å²) in [4.78, 5) is 42.1. The molecule has 2 aromatic carbocycles. The molecule has 0 saturated carbocycles. The third-order valence-electron chi connectivity index (χ3n) is 4.93. The maximum absolute atomic E-state index is 13.3. The van der Waals surface area contributed by atoms with Crippen LogP contribution in [0, 0.1) is 6.92 Å². The van der Waals surface area contributed by atoms with E-state index in [1.54, 1.807) is 42.5 Å². The number of benzene rings is 2. The Morgan fingerprint density at radius 1 is 1.10 bits per heavy atom. The first kappa shape index (κ1) is 22.6. The lowest BCUT2D eigenvalue weighted by atomic mass is 10.1. The van der Waals surface area contributed by atoms with Crippen molar-refractivity contribution >= 4 is 35.1 Å². The number of nitrogens with one attached hydrogen (secondary N) is 2. The molecule has 1 heterocycles. The third-order valence-corrected chi connectivity index (χ3v) is 5.16. The summed E-state index contributed by atoms with van der Waals surface area (Å²) in [5.74, 6) is -0.760. The van der Waals surface area contributed by atoms with Gasteiger partial charge in [-0.3, -0.25) is 14.5 Å². The minimum atomic E-state index is -1.09. The highest BCUT2D eigenvalue weighted by Crippen LogP contribution is 2.21. The van der Waals surface area contributed by atoms with Crippen LogP contribution >= 0.6 is 11.6 Å². The van der Waals surface area contributed by atoms with Crippen LogP contribution in [0.3, 0.4) is 0 Å². The summed E-state index contributed by atoms with van der Waals surface area (Å²) >= 11 is 6.00. The maximum atomic E-state index is 13.3. The predicted molar refractivity (Wildman–Crippen MR) is 120 cm³/mol. The van der Waals surface area contributed by atoms with Gasteiger partial charge >= 0.3 is 6.03 Å². The largest absolute Gasteiger partial charge is 0.351 e. The van der Waals surface area contributed by atoms with Gasteiger partial charge in [0.25, 0.3) is 11.8 Å². The lowest BCUT2D eigenvalue weighted by molar-refractivity contribution is -0.132. The fourth-order valence-electron chi connectivity index (χ4n) is 3.52. The number of hydrogen-bond donors (Lipinski definition) is 3. The Morgan fingerprint density at radius 2 is 1.84 bits per heavy atom. The average molecular weight is 444 g/mol. The number of rotatable bonds is 5. The zero-order chi connectivity index (χ0) is 22.4. The van der Waals surface area contributed by atoms with Crippen LogP contribution in [0.4, 0.5) is 10.5 Å². The van der Waals surface area contributed by atoms with E-state index in [-0.39, 0.29) is 19.0 Å². The molecule has 1 fully saturated rings. The Kier molecular flexibility index (Phi) is 7.49. The minimum absolute atomic E-state index is 0.242. The Hall–Kier alpha value is -3.10. The van der Waals surface area contributed by atoms with Gasteiger partial charge in [-0.15, -0.1) is 0 Å². The molecule has 4 amide bonds. The molecule has 9 heteroatoms. The summed E-state index contributed by atoms with van der Waals surface area (Å²) in [6.45, 7) is 3.06. The predicted octanol–water partition coefficient (Wildman–Crippen LogP) is 2.43. The number of halogens is 1. The summed E-state index contributed by atoms with van der Waals surface area (Å²) in [5, 5.41) is 5.95. The SMILES string of the molecule is Cc1cccc(C(=O)N2CCCN(C(=O)Nc3cccc(Cl)c3)C2C(=O)NCCN)c1. The Morgan fingerprint density at radius 3 is 2.55 bits per heavy atom. The lowest BCUT2D eigenvalue weighted by Gasteiger charge is -2.42. The van der Waals surface area contributed by atoms with Crippen LogP contribution in [0.25, 0.3) is 0 Å². The van der Waals surface area contributed by atoms with Gasteiger partial charge in [-0.2, -0.15) is 0 Å². The third kappa shape index (κ3) is 5.53. The van der Waals surface area contributed by atoms with E-state index >= 15 is 0 Å². The standard InChI is InChI=1S/C22H26ClN5O3/c1-15-5-2-6-16(13-15)21(30)27-11-4-12-28(20(27)19(29)25-10-9-24)22(31)26-18-8-3-7-17(23)14-18/h2-3,5-8,13-14,20H,4,9-12,24H2,1H3,(H,25,29)(H,26,31). The molecule has 0 aromatic heterocycles. The first-order valence-electron chi connectivity index (χ1n) is 10.1. The number of urea groups is 1. The van der Waals surface area contributed by atoms with Gasteiger partial charge < -0.3 is 21.3 Å². The molecule has 4 N–H and O–H groups in total. The van der Waals surface area contributed by atoms with Gasteiger partial charge in [0.1, 0.15) is 0 Å². The van der Waals surface area contributed by atoms with Crippen molar-refractivity contribution < 1.29 is 14.4 Å². The van der Waals surface area contributed by atoms with E-state index in [0.717, 1.165) is 5.56 Å². The van der Waals surface area contributed by atoms with Crippen molar-refractivity contribution in [2.45, 2.75) is 19.5 Å².